The van der Waals surface area contributed by atoms with Crippen molar-refractivity contribution in [1.82, 2.24) is 4.98 Å². The summed E-state index contributed by atoms with van der Waals surface area (Å²) in [5, 5.41) is 6.92. The number of amides is 1. The number of nitrogens with one attached hydrogen (secondary N) is 1. The summed E-state index contributed by atoms with van der Waals surface area (Å²) >= 11 is 2.84. The van der Waals surface area contributed by atoms with E-state index in [1.54, 1.807) is 6.08 Å². The SMILES string of the molecule is Cc1ccc(-c2csc(NC(=O)COC(=O)/C=C/c3cccs3)n2)cc1C. The maximum Gasteiger partial charge on any atom is 0.331 e. The van der Waals surface area contributed by atoms with Gasteiger partial charge in [0.25, 0.3) is 5.91 Å². The molecule has 0 atom stereocenters. The van der Waals surface area contributed by atoms with E-state index in [0.29, 0.717) is 5.13 Å². The molecule has 3 rings (SSSR count). The van der Waals surface area contributed by atoms with E-state index in [1.807, 2.05) is 35.0 Å². The number of thiophene rings is 1. The molecule has 2 aromatic heterocycles. The third kappa shape index (κ3) is 5.35. The number of hydrogen-bond acceptors (Lipinski definition) is 6. The minimum Gasteiger partial charge on any atom is -0.452 e. The van der Waals surface area contributed by atoms with Crippen LogP contribution in [0, 0.1) is 13.8 Å². The minimum atomic E-state index is -0.562. The number of nitrogens with zero attached hydrogens (tertiary/aromatic N) is 1. The molecule has 7 heteroatoms. The highest BCUT2D eigenvalue weighted by Crippen LogP contribution is 2.26. The molecule has 0 aliphatic heterocycles. The molecule has 0 unspecified atom stereocenters. The lowest BCUT2D eigenvalue weighted by molar-refractivity contribution is -0.142. The van der Waals surface area contributed by atoms with Crippen molar-refractivity contribution >= 4 is 45.8 Å². The van der Waals surface area contributed by atoms with Crippen molar-refractivity contribution in [2.24, 2.45) is 0 Å². The lowest BCUT2D eigenvalue weighted by atomic mass is 10.1. The van der Waals surface area contributed by atoms with Gasteiger partial charge in [0.1, 0.15) is 0 Å². The van der Waals surface area contributed by atoms with E-state index in [4.69, 9.17) is 4.74 Å². The summed E-state index contributed by atoms with van der Waals surface area (Å²) in [6, 6.07) is 9.90. The second-order valence-corrected chi connectivity index (χ2v) is 7.68. The molecule has 1 N–H and O–H groups in total. The van der Waals surface area contributed by atoms with Crippen molar-refractivity contribution in [2.45, 2.75) is 13.8 Å². The Balaban J connectivity index is 1.51. The summed E-state index contributed by atoms with van der Waals surface area (Å²) < 4.78 is 4.94. The summed E-state index contributed by atoms with van der Waals surface area (Å²) in [7, 11) is 0. The van der Waals surface area contributed by atoms with E-state index in [-0.39, 0.29) is 6.61 Å². The van der Waals surface area contributed by atoms with Crippen molar-refractivity contribution in [3.8, 4) is 11.3 Å². The van der Waals surface area contributed by atoms with Crippen LogP contribution in [-0.4, -0.2) is 23.5 Å². The zero-order valence-corrected chi connectivity index (χ0v) is 16.5. The quantitative estimate of drug-likeness (QED) is 0.483. The zero-order chi connectivity index (χ0) is 19.2. The number of rotatable bonds is 6. The fourth-order valence-electron chi connectivity index (χ4n) is 2.24. The molecule has 1 amide bonds. The summed E-state index contributed by atoms with van der Waals surface area (Å²) in [6.07, 6.45) is 2.96. The average molecular weight is 399 g/mol. The van der Waals surface area contributed by atoms with Crippen LogP contribution in [0.2, 0.25) is 0 Å². The first-order valence-corrected chi connectivity index (χ1v) is 9.98. The van der Waals surface area contributed by atoms with E-state index in [0.717, 1.165) is 16.1 Å². The molecule has 0 aliphatic carbocycles. The third-order valence-electron chi connectivity index (χ3n) is 3.83. The Morgan fingerprint density at radius 2 is 2.04 bits per heavy atom. The number of aromatic nitrogens is 1. The van der Waals surface area contributed by atoms with Crippen molar-refractivity contribution < 1.29 is 14.3 Å². The highest BCUT2D eigenvalue weighted by molar-refractivity contribution is 7.14. The number of benzene rings is 1. The predicted molar refractivity (Wildman–Crippen MR) is 110 cm³/mol. The molecule has 0 aliphatic rings. The third-order valence-corrected chi connectivity index (χ3v) is 5.42. The second-order valence-electron chi connectivity index (χ2n) is 5.84. The van der Waals surface area contributed by atoms with Gasteiger partial charge in [-0.3, -0.25) is 10.1 Å². The average Bonchev–Trinajstić information content (AvgIpc) is 3.32. The fraction of sp³-hybridized carbons (Fsp3) is 0.150. The van der Waals surface area contributed by atoms with Gasteiger partial charge in [-0.2, -0.15) is 0 Å². The Hall–Kier alpha value is -2.77. The highest BCUT2D eigenvalue weighted by atomic mass is 32.1. The standard InChI is InChI=1S/C20H18N2O3S2/c1-13-5-6-15(10-14(13)2)17-12-27-20(21-17)22-18(23)11-25-19(24)8-7-16-4-3-9-26-16/h3-10,12H,11H2,1-2H3,(H,21,22,23)/b8-7+. The summed E-state index contributed by atoms with van der Waals surface area (Å²) in [6.45, 7) is 3.75. The Bertz CT molecular complexity index is 975. The zero-order valence-electron chi connectivity index (χ0n) is 14.9. The van der Waals surface area contributed by atoms with Crippen LogP contribution in [0.4, 0.5) is 5.13 Å². The Morgan fingerprint density at radius 3 is 2.78 bits per heavy atom. The summed E-state index contributed by atoms with van der Waals surface area (Å²) in [5.41, 5.74) is 4.21. The number of ether oxygens (including phenoxy) is 1. The van der Waals surface area contributed by atoms with Gasteiger partial charge in [0.2, 0.25) is 0 Å². The smallest absolute Gasteiger partial charge is 0.331 e. The van der Waals surface area contributed by atoms with E-state index in [1.165, 1.54) is 39.9 Å². The molecule has 1 aromatic carbocycles. The molecular weight excluding hydrogens is 380 g/mol. The van der Waals surface area contributed by atoms with Gasteiger partial charge in [0, 0.05) is 21.9 Å². The van der Waals surface area contributed by atoms with Crippen molar-refractivity contribution in [2.75, 3.05) is 11.9 Å². The van der Waals surface area contributed by atoms with Gasteiger partial charge in [0.15, 0.2) is 11.7 Å². The lowest BCUT2D eigenvalue weighted by Gasteiger charge is -2.03. The fourth-order valence-corrected chi connectivity index (χ4v) is 3.59. The first-order valence-electron chi connectivity index (χ1n) is 8.22. The van der Waals surface area contributed by atoms with Gasteiger partial charge in [-0.15, -0.1) is 22.7 Å². The molecule has 0 radical (unpaired) electrons. The van der Waals surface area contributed by atoms with Crippen LogP contribution in [0.5, 0.6) is 0 Å². The van der Waals surface area contributed by atoms with Crippen LogP contribution in [0.15, 0.2) is 47.2 Å². The topological polar surface area (TPSA) is 68.3 Å². The largest absolute Gasteiger partial charge is 0.452 e. The number of thiazole rings is 1. The Morgan fingerprint density at radius 1 is 1.19 bits per heavy atom. The van der Waals surface area contributed by atoms with E-state index < -0.39 is 11.9 Å². The first-order chi connectivity index (χ1) is 13.0. The van der Waals surface area contributed by atoms with Crippen LogP contribution in [0.25, 0.3) is 17.3 Å². The number of aryl methyl sites for hydroxylation is 2. The first kappa shape index (κ1) is 19.0. The molecular formula is C20H18N2O3S2. The van der Waals surface area contributed by atoms with E-state index in [9.17, 15) is 9.59 Å². The molecule has 0 saturated heterocycles. The molecule has 3 aromatic rings. The molecule has 0 bridgehead atoms. The van der Waals surface area contributed by atoms with Crippen LogP contribution >= 0.6 is 22.7 Å². The maximum atomic E-state index is 12.0. The van der Waals surface area contributed by atoms with Crippen molar-refractivity contribution in [3.05, 3.63) is 63.2 Å². The van der Waals surface area contributed by atoms with E-state index >= 15 is 0 Å². The predicted octanol–water partition coefficient (Wildman–Crippen LogP) is 4.68. The number of hydrogen-bond donors (Lipinski definition) is 1. The molecule has 0 fully saturated rings. The summed E-state index contributed by atoms with van der Waals surface area (Å²) in [5.74, 6) is -0.984. The lowest BCUT2D eigenvalue weighted by Crippen LogP contribution is -2.20. The Labute approximate surface area is 165 Å². The second kappa shape index (κ2) is 8.75. The number of carbonyl (C=O) groups excluding carboxylic acids is 2. The van der Waals surface area contributed by atoms with Gasteiger partial charge in [-0.05, 0) is 48.6 Å². The van der Waals surface area contributed by atoms with E-state index in [2.05, 4.69) is 30.2 Å². The molecule has 0 saturated carbocycles. The van der Waals surface area contributed by atoms with Crippen LogP contribution in [0.1, 0.15) is 16.0 Å². The Kier molecular flexibility index (Phi) is 6.16. The molecule has 0 spiro atoms. The minimum absolute atomic E-state index is 0.355. The van der Waals surface area contributed by atoms with Crippen LogP contribution in [0.3, 0.4) is 0 Å². The van der Waals surface area contributed by atoms with Gasteiger partial charge in [-0.25, -0.2) is 9.78 Å². The molecule has 138 valence electrons. The molecule has 2 heterocycles. The maximum absolute atomic E-state index is 12.0. The number of anilines is 1. The molecule has 27 heavy (non-hydrogen) atoms. The van der Waals surface area contributed by atoms with Gasteiger partial charge < -0.3 is 4.74 Å². The highest BCUT2D eigenvalue weighted by Gasteiger charge is 2.10. The van der Waals surface area contributed by atoms with Crippen molar-refractivity contribution in [1.29, 1.82) is 0 Å². The summed E-state index contributed by atoms with van der Waals surface area (Å²) in [4.78, 5) is 29.0. The molecule has 5 nitrogen and oxygen atoms in total. The van der Waals surface area contributed by atoms with Crippen molar-refractivity contribution in [3.63, 3.8) is 0 Å². The number of esters is 1. The van der Waals surface area contributed by atoms with Gasteiger partial charge >= 0.3 is 5.97 Å². The van der Waals surface area contributed by atoms with Crippen LogP contribution < -0.4 is 5.32 Å². The number of carbonyl (C=O) groups is 2. The monoisotopic (exact) mass is 398 g/mol. The van der Waals surface area contributed by atoms with Gasteiger partial charge in [0.05, 0.1) is 5.69 Å². The normalized spacial score (nSPS) is 10.9. The van der Waals surface area contributed by atoms with Crippen LogP contribution in [-0.2, 0) is 14.3 Å². The van der Waals surface area contributed by atoms with Gasteiger partial charge in [-0.1, -0.05) is 18.2 Å².